The van der Waals surface area contributed by atoms with E-state index in [0.29, 0.717) is 0 Å². The molecule has 0 saturated carbocycles. The maximum absolute atomic E-state index is 6.24. The van der Waals surface area contributed by atoms with Gasteiger partial charge in [0.15, 0.2) is 0 Å². The van der Waals surface area contributed by atoms with Gasteiger partial charge in [0.1, 0.15) is 0 Å². The molecule has 18 heavy (non-hydrogen) atoms. The quantitative estimate of drug-likeness (QED) is 0.809. The van der Waals surface area contributed by atoms with Crippen LogP contribution in [-0.2, 0) is 0 Å². The lowest BCUT2D eigenvalue weighted by Gasteiger charge is -2.31. The summed E-state index contributed by atoms with van der Waals surface area (Å²) >= 11 is 0. The number of rotatable bonds is 3. The van der Waals surface area contributed by atoms with Crippen LogP contribution in [0.1, 0.15) is 24.0 Å². The van der Waals surface area contributed by atoms with E-state index < -0.39 is 5.54 Å². The highest BCUT2D eigenvalue weighted by molar-refractivity contribution is 5.46. The van der Waals surface area contributed by atoms with Gasteiger partial charge in [-0.2, -0.15) is 0 Å². The van der Waals surface area contributed by atoms with Gasteiger partial charge in [0.2, 0.25) is 0 Å². The molecule has 0 aromatic heterocycles. The maximum Gasteiger partial charge on any atom is 0.0316 e. The monoisotopic (exact) mass is 239 g/mol. The molecule has 2 rings (SSSR count). The van der Waals surface area contributed by atoms with Crippen LogP contribution >= 0.6 is 0 Å². The van der Waals surface area contributed by atoms with Crippen LogP contribution in [0.5, 0.6) is 0 Å². The van der Waals surface area contributed by atoms with Crippen molar-refractivity contribution in [1.29, 1.82) is 0 Å². The van der Waals surface area contributed by atoms with Crippen molar-refractivity contribution in [1.82, 2.24) is 0 Å². The highest BCUT2D eigenvalue weighted by Crippen LogP contribution is 2.33. The van der Waals surface area contributed by atoms with Crippen molar-refractivity contribution in [2.24, 2.45) is 5.73 Å². The SMILES string of the molecule is [CH2]C(C)(N)C(c1ccccc1)c1cccc(N)c1. The van der Waals surface area contributed by atoms with Gasteiger partial charge in [-0.3, -0.25) is 0 Å². The molecule has 2 aromatic rings. The van der Waals surface area contributed by atoms with Crippen LogP contribution in [0.2, 0.25) is 0 Å². The Hall–Kier alpha value is -1.80. The molecule has 0 fully saturated rings. The molecule has 0 heterocycles. The Morgan fingerprint density at radius 1 is 1.00 bits per heavy atom. The summed E-state index contributed by atoms with van der Waals surface area (Å²) in [5.41, 5.74) is 14.5. The first kappa shape index (κ1) is 12.7. The average molecular weight is 239 g/mol. The summed E-state index contributed by atoms with van der Waals surface area (Å²) in [5.74, 6) is 0.0298. The van der Waals surface area contributed by atoms with Crippen molar-refractivity contribution < 1.29 is 0 Å². The number of anilines is 1. The Bertz CT molecular complexity index is 512. The van der Waals surface area contributed by atoms with Crippen molar-refractivity contribution in [2.45, 2.75) is 18.4 Å². The second kappa shape index (κ2) is 4.83. The van der Waals surface area contributed by atoms with E-state index in [1.165, 1.54) is 0 Å². The summed E-state index contributed by atoms with van der Waals surface area (Å²) in [6.07, 6.45) is 0. The lowest BCUT2D eigenvalue weighted by molar-refractivity contribution is 0.509. The minimum atomic E-state index is -0.588. The molecule has 2 heteroatoms. The zero-order chi connectivity index (χ0) is 13.2. The highest BCUT2D eigenvalue weighted by Gasteiger charge is 2.28. The Morgan fingerprint density at radius 2 is 1.61 bits per heavy atom. The van der Waals surface area contributed by atoms with E-state index in [1.807, 2.05) is 49.4 Å². The summed E-state index contributed by atoms with van der Waals surface area (Å²) in [4.78, 5) is 0. The minimum absolute atomic E-state index is 0.0298. The summed E-state index contributed by atoms with van der Waals surface area (Å²) < 4.78 is 0. The molecule has 0 spiro atoms. The molecule has 0 aliphatic rings. The molecule has 2 atom stereocenters. The molecule has 93 valence electrons. The fraction of sp³-hybridized carbons (Fsp3) is 0.188. The van der Waals surface area contributed by atoms with Gasteiger partial charge in [0.25, 0.3) is 0 Å². The Kier molecular flexibility index (Phi) is 3.39. The third-order valence-electron chi connectivity index (χ3n) is 3.04. The second-order valence-electron chi connectivity index (χ2n) is 5.02. The number of nitrogens with two attached hydrogens (primary N) is 2. The summed E-state index contributed by atoms with van der Waals surface area (Å²) in [5, 5.41) is 0. The molecule has 0 bridgehead atoms. The normalized spacial score (nSPS) is 13.3. The smallest absolute Gasteiger partial charge is 0.0316 e. The molecule has 0 aliphatic carbocycles. The number of hydrogen-bond donors (Lipinski definition) is 2. The number of hydrogen-bond acceptors (Lipinski definition) is 2. The average Bonchev–Trinajstić information content (AvgIpc) is 2.28. The Balaban J connectivity index is 2.51. The first-order chi connectivity index (χ1) is 8.48. The molecule has 2 nitrogen and oxygen atoms in total. The van der Waals surface area contributed by atoms with Crippen LogP contribution in [0.4, 0.5) is 5.69 Å². The summed E-state index contributed by atoms with van der Waals surface area (Å²) in [6.45, 7) is 6.03. The van der Waals surface area contributed by atoms with E-state index in [-0.39, 0.29) is 5.92 Å². The van der Waals surface area contributed by atoms with Crippen LogP contribution in [0.15, 0.2) is 54.6 Å². The molecular weight excluding hydrogens is 220 g/mol. The standard InChI is InChI=1S/C16H19N2/c1-16(2,18)15(12-7-4-3-5-8-12)13-9-6-10-14(17)11-13/h3-11,15H,1,17-18H2,2H3. The van der Waals surface area contributed by atoms with E-state index in [9.17, 15) is 0 Å². The van der Waals surface area contributed by atoms with E-state index >= 15 is 0 Å². The van der Waals surface area contributed by atoms with Gasteiger partial charge in [-0.1, -0.05) is 42.5 Å². The fourth-order valence-corrected chi connectivity index (χ4v) is 2.34. The van der Waals surface area contributed by atoms with Crippen LogP contribution in [-0.4, -0.2) is 5.54 Å². The first-order valence-electron chi connectivity index (χ1n) is 6.03. The second-order valence-corrected chi connectivity index (χ2v) is 5.02. The van der Waals surface area contributed by atoms with Gasteiger partial charge in [0, 0.05) is 17.1 Å². The van der Waals surface area contributed by atoms with Gasteiger partial charge in [0.05, 0.1) is 0 Å². The van der Waals surface area contributed by atoms with Gasteiger partial charge in [-0.05, 0) is 37.1 Å². The van der Waals surface area contributed by atoms with Crippen molar-refractivity contribution in [3.8, 4) is 0 Å². The summed E-state index contributed by atoms with van der Waals surface area (Å²) in [6, 6.07) is 18.0. The van der Waals surface area contributed by atoms with Crippen molar-refractivity contribution in [2.75, 3.05) is 5.73 Å². The third kappa shape index (κ3) is 2.71. The predicted molar refractivity (Wildman–Crippen MR) is 77.1 cm³/mol. The fourth-order valence-electron chi connectivity index (χ4n) is 2.34. The molecule has 0 saturated heterocycles. The molecule has 2 unspecified atom stereocenters. The zero-order valence-electron chi connectivity index (χ0n) is 10.6. The van der Waals surface area contributed by atoms with E-state index in [1.54, 1.807) is 0 Å². The molecule has 0 amide bonds. The molecule has 1 radical (unpaired) electrons. The predicted octanol–water partition coefficient (Wildman–Crippen LogP) is 2.95. The molecule has 0 aliphatic heterocycles. The van der Waals surface area contributed by atoms with Crippen molar-refractivity contribution in [3.63, 3.8) is 0 Å². The van der Waals surface area contributed by atoms with E-state index in [2.05, 4.69) is 19.1 Å². The van der Waals surface area contributed by atoms with E-state index in [4.69, 9.17) is 11.5 Å². The summed E-state index contributed by atoms with van der Waals surface area (Å²) in [7, 11) is 0. The lowest BCUT2D eigenvalue weighted by atomic mass is 9.78. The highest BCUT2D eigenvalue weighted by atomic mass is 14.7. The van der Waals surface area contributed by atoms with Crippen LogP contribution < -0.4 is 11.5 Å². The maximum atomic E-state index is 6.24. The molecular formula is C16H19N2. The van der Waals surface area contributed by atoms with Crippen molar-refractivity contribution >= 4 is 5.69 Å². The van der Waals surface area contributed by atoms with E-state index in [0.717, 1.165) is 16.8 Å². The Morgan fingerprint density at radius 3 is 2.17 bits per heavy atom. The Labute approximate surface area is 109 Å². The number of benzene rings is 2. The van der Waals surface area contributed by atoms with Crippen LogP contribution in [0.3, 0.4) is 0 Å². The van der Waals surface area contributed by atoms with Gasteiger partial charge < -0.3 is 11.5 Å². The number of nitrogen functional groups attached to an aromatic ring is 1. The topological polar surface area (TPSA) is 52.0 Å². The molecule has 2 aromatic carbocycles. The first-order valence-corrected chi connectivity index (χ1v) is 6.03. The van der Waals surface area contributed by atoms with Crippen LogP contribution in [0.25, 0.3) is 0 Å². The largest absolute Gasteiger partial charge is 0.399 e. The van der Waals surface area contributed by atoms with Gasteiger partial charge >= 0.3 is 0 Å². The molecule has 4 N–H and O–H groups in total. The van der Waals surface area contributed by atoms with Gasteiger partial charge in [-0.15, -0.1) is 0 Å². The van der Waals surface area contributed by atoms with Crippen LogP contribution in [0, 0.1) is 6.92 Å². The lowest BCUT2D eigenvalue weighted by Crippen LogP contribution is -2.40. The van der Waals surface area contributed by atoms with Gasteiger partial charge in [-0.25, -0.2) is 0 Å². The third-order valence-corrected chi connectivity index (χ3v) is 3.04. The van der Waals surface area contributed by atoms with Crippen molar-refractivity contribution in [3.05, 3.63) is 72.6 Å². The minimum Gasteiger partial charge on any atom is -0.399 e. The zero-order valence-corrected chi connectivity index (χ0v) is 10.6.